The molecule has 0 bridgehead atoms. The number of pyridine rings is 1. The Morgan fingerprint density at radius 3 is 2.33 bits per heavy atom. The average Bonchev–Trinajstić information content (AvgIpc) is 2.37. The summed E-state index contributed by atoms with van der Waals surface area (Å²) in [6.45, 7) is 1.73. The molecule has 112 valence electrons. The molecule has 1 aromatic heterocycles. The lowest BCUT2D eigenvalue weighted by atomic mass is 10.1. The molecular weight excluding hydrogens is 286 g/mol. The molecule has 3 nitrogen and oxygen atoms in total. The highest BCUT2D eigenvalue weighted by molar-refractivity contribution is 5.48. The summed E-state index contributed by atoms with van der Waals surface area (Å²) in [5, 5.41) is 2.82. The van der Waals surface area contributed by atoms with Gasteiger partial charge in [0, 0.05) is 6.04 Å². The van der Waals surface area contributed by atoms with Gasteiger partial charge in [0.15, 0.2) is 0 Å². The summed E-state index contributed by atoms with van der Waals surface area (Å²) >= 11 is 0. The summed E-state index contributed by atoms with van der Waals surface area (Å²) in [6.07, 6.45) is -4.49. The third-order valence-electron chi connectivity index (χ3n) is 2.91. The van der Waals surface area contributed by atoms with Crippen LogP contribution in [0, 0.1) is 5.82 Å². The van der Waals surface area contributed by atoms with E-state index in [1.807, 2.05) is 0 Å². The Bertz CT molecular complexity index is 623. The molecule has 21 heavy (non-hydrogen) atoms. The van der Waals surface area contributed by atoms with E-state index in [2.05, 4.69) is 10.3 Å². The zero-order valence-corrected chi connectivity index (χ0v) is 11.1. The molecule has 0 saturated heterocycles. The van der Waals surface area contributed by atoms with Gasteiger partial charge in [-0.2, -0.15) is 13.2 Å². The molecule has 0 aliphatic carbocycles. The van der Waals surface area contributed by atoms with Gasteiger partial charge in [-0.3, -0.25) is 0 Å². The SMILES string of the molecule is CC(Nc1cc(C(F)(F)F)cc(N)n1)c1ccc(F)cc1. The number of rotatable bonds is 3. The number of anilines is 2. The summed E-state index contributed by atoms with van der Waals surface area (Å²) in [5.74, 6) is -0.592. The number of benzene rings is 1. The van der Waals surface area contributed by atoms with E-state index in [4.69, 9.17) is 5.73 Å². The Morgan fingerprint density at radius 1 is 1.14 bits per heavy atom. The van der Waals surface area contributed by atoms with Crippen molar-refractivity contribution >= 4 is 11.6 Å². The van der Waals surface area contributed by atoms with Crippen LogP contribution in [-0.2, 0) is 6.18 Å². The van der Waals surface area contributed by atoms with Crippen LogP contribution in [0.15, 0.2) is 36.4 Å². The molecule has 0 fully saturated rings. The van der Waals surface area contributed by atoms with E-state index in [0.29, 0.717) is 5.56 Å². The number of nitrogens with two attached hydrogens (primary N) is 1. The first-order chi connectivity index (χ1) is 9.75. The maximum atomic E-state index is 12.8. The topological polar surface area (TPSA) is 50.9 Å². The van der Waals surface area contributed by atoms with E-state index in [1.165, 1.54) is 12.1 Å². The van der Waals surface area contributed by atoms with Gasteiger partial charge in [0.1, 0.15) is 17.5 Å². The number of alkyl halides is 3. The highest BCUT2D eigenvalue weighted by atomic mass is 19.4. The number of nitrogen functional groups attached to an aromatic ring is 1. The monoisotopic (exact) mass is 299 g/mol. The van der Waals surface area contributed by atoms with Crippen LogP contribution < -0.4 is 11.1 Å². The van der Waals surface area contributed by atoms with Crippen LogP contribution in [0.25, 0.3) is 0 Å². The Labute approximate surface area is 118 Å². The zero-order chi connectivity index (χ0) is 15.6. The molecule has 0 radical (unpaired) electrons. The number of nitrogens with zero attached hydrogens (tertiary/aromatic N) is 1. The molecule has 0 spiro atoms. The quantitative estimate of drug-likeness (QED) is 0.842. The summed E-state index contributed by atoms with van der Waals surface area (Å²) in [4.78, 5) is 3.82. The van der Waals surface area contributed by atoms with Crippen LogP contribution in [0.2, 0.25) is 0 Å². The lowest BCUT2D eigenvalue weighted by Gasteiger charge is -2.16. The van der Waals surface area contributed by atoms with Gasteiger partial charge in [-0.15, -0.1) is 0 Å². The van der Waals surface area contributed by atoms with Gasteiger partial charge in [0.25, 0.3) is 0 Å². The minimum atomic E-state index is -4.49. The van der Waals surface area contributed by atoms with Gasteiger partial charge in [-0.1, -0.05) is 12.1 Å². The molecule has 2 rings (SSSR count). The smallest absolute Gasteiger partial charge is 0.384 e. The number of aromatic nitrogens is 1. The fraction of sp³-hybridized carbons (Fsp3) is 0.214. The first kappa shape index (κ1) is 15.1. The number of hydrogen-bond donors (Lipinski definition) is 2. The van der Waals surface area contributed by atoms with E-state index >= 15 is 0 Å². The predicted octanol–water partition coefficient (Wildman–Crippen LogP) is 3.99. The number of nitrogens with one attached hydrogen (secondary N) is 1. The molecule has 1 unspecified atom stereocenters. The van der Waals surface area contributed by atoms with Crippen LogP contribution in [-0.4, -0.2) is 4.98 Å². The summed E-state index contributed by atoms with van der Waals surface area (Å²) < 4.78 is 50.9. The van der Waals surface area contributed by atoms with Crippen LogP contribution in [0.5, 0.6) is 0 Å². The van der Waals surface area contributed by atoms with E-state index < -0.39 is 11.7 Å². The molecule has 1 atom stereocenters. The Hall–Kier alpha value is -2.31. The fourth-order valence-corrected chi connectivity index (χ4v) is 1.85. The fourth-order valence-electron chi connectivity index (χ4n) is 1.85. The van der Waals surface area contributed by atoms with Gasteiger partial charge in [-0.05, 0) is 36.8 Å². The van der Waals surface area contributed by atoms with Gasteiger partial charge in [0.2, 0.25) is 0 Å². The molecule has 3 N–H and O–H groups in total. The van der Waals surface area contributed by atoms with Crippen molar-refractivity contribution in [1.29, 1.82) is 0 Å². The maximum absolute atomic E-state index is 12.8. The molecule has 0 aliphatic rings. The van der Waals surface area contributed by atoms with Crippen molar-refractivity contribution in [2.75, 3.05) is 11.1 Å². The van der Waals surface area contributed by atoms with Crippen molar-refractivity contribution in [2.24, 2.45) is 0 Å². The molecule has 1 aromatic carbocycles. The highest BCUT2D eigenvalue weighted by Gasteiger charge is 2.31. The van der Waals surface area contributed by atoms with Crippen molar-refractivity contribution < 1.29 is 17.6 Å². The van der Waals surface area contributed by atoms with E-state index in [-0.39, 0.29) is 23.5 Å². The Morgan fingerprint density at radius 2 is 1.76 bits per heavy atom. The normalized spacial score (nSPS) is 13.0. The second-order valence-electron chi connectivity index (χ2n) is 4.58. The molecule has 0 saturated carbocycles. The largest absolute Gasteiger partial charge is 0.416 e. The average molecular weight is 299 g/mol. The number of halogens is 4. The Balaban J connectivity index is 2.23. The molecular formula is C14H13F4N3. The second-order valence-corrected chi connectivity index (χ2v) is 4.58. The Kier molecular flexibility index (Phi) is 4.02. The van der Waals surface area contributed by atoms with Gasteiger partial charge < -0.3 is 11.1 Å². The van der Waals surface area contributed by atoms with Crippen molar-refractivity contribution in [1.82, 2.24) is 4.98 Å². The van der Waals surface area contributed by atoms with Crippen LogP contribution in [0.1, 0.15) is 24.1 Å². The second kappa shape index (κ2) is 5.59. The van der Waals surface area contributed by atoms with Crippen molar-refractivity contribution in [3.8, 4) is 0 Å². The van der Waals surface area contributed by atoms with E-state index in [1.54, 1.807) is 19.1 Å². The van der Waals surface area contributed by atoms with E-state index in [0.717, 1.165) is 12.1 Å². The third kappa shape index (κ3) is 3.84. The highest BCUT2D eigenvalue weighted by Crippen LogP contribution is 2.32. The van der Waals surface area contributed by atoms with Crippen molar-refractivity contribution in [3.05, 3.63) is 53.3 Å². The first-order valence-electron chi connectivity index (χ1n) is 6.12. The zero-order valence-electron chi connectivity index (χ0n) is 11.1. The lowest BCUT2D eigenvalue weighted by Crippen LogP contribution is -2.12. The van der Waals surface area contributed by atoms with Gasteiger partial charge >= 0.3 is 6.18 Å². The first-order valence-corrected chi connectivity index (χ1v) is 6.12. The molecule has 0 amide bonds. The molecule has 1 heterocycles. The lowest BCUT2D eigenvalue weighted by molar-refractivity contribution is -0.137. The maximum Gasteiger partial charge on any atom is 0.416 e. The van der Waals surface area contributed by atoms with Crippen molar-refractivity contribution in [3.63, 3.8) is 0 Å². The number of hydrogen-bond acceptors (Lipinski definition) is 3. The predicted molar refractivity (Wildman–Crippen MR) is 72.1 cm³/mol. The minimum absolute atomic E-state index is 0.0131. The molecule has 7 heteroatoms. The van der Waals surface area contributed by atoms with E-state index in [9.17, 15) is 17.6 Å². The van der Waals surface area contributed by atoms with Crippen molar-refractivity contribution in [2.45, 2.75) is 19.1 Å². The standard InChI is InChI=1S/C14H13F4N3/c1-8(9-2-4-11(15)5-3-9)20-13-7-10(14(16,17)18)6-12(19)21-13/h2-8H,1H3,(H3,19,20,21). The molecule has 2 aromatic rings. The van der Waals surface area contributed by atoms with Crippen LogP contribution in [0.4, 0.5) is 29.2 Å². The van der Waals surface area contributed by atoms with Gasteiger partial charge in [0.05, 0.1) is 5.56 Å². The van der Waals surface area contributed by atoms with Crippen LogP contribution in [0.3, 0.4) is 0 Å². The summed E-state index contributed by atoms with van der Waals surface area (Å²) in [6, 6.07) is 6.96. The third-order valence-corrected chi connectivity index (χ3v) is 2.91. The van der Waals surface area contributed by atoms with Crippen LogP contribution >= 0.6 is 0 Å². The summed E-state index contributed by atoms with van der Waals surface area (Å²) in [5.41, 5.74) is 5.24. The molecule has 0 aliphatic heterocycles. The minimum Gasteiger partial charge on any atom is -0.384 e. The summed E-state index contributed by atoms with van der Waals surface area (Å²) in [7, 11) is 0. The van der Waals surface area contributed by atoms with Gasteiger partial charge in [-0.25, -0.2) is 9.37 Å².